The zero-order chi connectivity index (χ0) is 21.4. The molecule has 3 rings (SSSR count). The van der Waals surface area contributed by atoms with Crippen LogP contribution in [0.2, 0.25) is 0 Å². The molecule has 1 aromatic carbocycles. The van der Waals surface area contributed by atoms with Gasteiger partial charge in [0.25, 0.3) is 0 Å². The quantitative estimate of drug-likeness (QED) is 0.378. The van der Waals surface area contributed by atoms with E-state index in [1.165, 1.54) is 0 Å². The van der Waals surface area contributed by atoms with Crippen molar-refractivity contribution in [3.63, 3.8) is 0 Å². The summed E-state index contributed by atoms with van der Waals surface area (Å²) in [7, 11) is 0. The number of aromatic amines is 1. The maximum absolute atomic E-state index is 12.7. The van der Waals surface area contributed by atoms with Gasteiger partial charge in [-0.1, -0.05) is 46.8 Å². The second-order valence-corrected chi connectivity index (χ2v) is 8.86. The van der Waals surface area contributed by atoms with Gasteiger partial charge in [-0.05, 0) is 23.1 Å². The van der Waals surface area contributed by atoms with Gasteiger partial charge < -0.3 is 4.98 Å². The number of ketones is 1. The van der Waals surface area contributed by atoms with E-state index < -0.39 is 11.4 Å². The average molecular weight is 395 g/mol. The van der Waals surface area contributed by atoms with Gasteiger partial charge in [-0.3, -0.25) is 9.68 Å². The van der Waals surface area contributed by atoms with Crippen LogP contribution in [0.5, 0.6) is 0 Å². The van der Waals surface area contributed by atoms with E-state index in [4.69, 9.17) is 10.2 Å². The maximum atomic E-state index is 12.7. The fraction of sp³-hybridized carbons (Fsp3) is 0.364. The Morgan fingerprint density at radius 2 is 1.90 bits per heavy atom. The molecule has 0 bridgehead atoms. The van der Waals surface area contributed by atoms with E-state index in [9.17, 15) is 9.59 Å². The van der Waals surface area contributed by atoms with Crippen molar-refractivity contribution in [3.8, 4) is 0 Å². The Bertz CT molecular complexity index is 1080. The number of nitrogens with zero attached hydrogens (tertiary/aromatic N) is 2. The van der Waals surface area contributed by atoms with Crippen molar-refractivity contribution in [1.82, 2.24) is 15.0 Å². The number of benzene rings is 1. The number of hydrogen-bond donors (Lipinski definition) is 2. The molecule has 0 amide bonds. The van der Waals surface area contributed by atoms with Gasteiger partial charge >= 0.3 is 5.97 Å². The van der Waals surface area contributed by atoms with Crippen molar-refractivity contribution < 1.29 is 19.7 Å². The second-order valence-electron chi connectivity index (χ2n) is 8.86. The van der Waals surface area contributed by atoms with Gasteiger partial charge in [-0.15, -0.1) is 0 Å². The van der Waals surface area contributed by atoms with Crippen LogP contribution in [0.4, 0.5) is 0 Å². The van der Waals surface area contributed by atoms with Gasteiger partial charge in [0.05, 0.1) is 23.0 Å². The third-order valence-electron chi connectivity index (χ3n) is 4.94. The summed E-state index contributed by atoms with van der Waals surface area (Å²) < 4.78 is 0. The molecular weight excluding hydrogens is 370 g/mol. The topological polar surface area (TPSA) is 105 Å². The molecular formula is C22H25N3O4. The third-order valence-corrected chi connectivity index (χ3v) is 4.94. The van der Waals surface area contributed by atoms with Crippen molar-refractivity contribution >= 4 is 22.9 Å². The maximum Gasteiger partial charge on any atom is 0.372 e. The fourth-order valence-corrected chi connectivity index (χ4v) is 3.26. The molecule has 2 aromatic heterocycles. The number of nitrogens with one attached hydrogen (secondary N) is 1. The van der Waals surface area contributed by atoms with E-state index in [0.717, 1.165) is 11.3 Å². The molecule has 152 valence electrons. The lowest BCUT2D eigenvalue weighted by atomic mass is 9.80. The molecule has 7 heteroatoms. The van der Waals surface area contributed by atoms with Gasteiger partial charge in [-0.25, -0.2) is 14.8 Å². The number of carbonyl (C=O) groups excluding carboxylic acids is 2. The molecule has 0 aliphatic rings. The first-order valence-corrected chi connectivity index (χ1v) is 9.37. The van der Waals surface area contributed by atoms with Crippen LogP contribution in [0.3, 0.4) is 0 Å². The summed E-state index contributed by atoms with van der Waals surface area (Å²) in [5.41, 5.74) is 2.67. The summed E-state index contributed by atoms with van der Waals surface area (Å²) in [6.07, 6.45) is 3.90. The number of fused-ring (bicyclic) bond motifs is 1. The van der Waals surface area contributed by atoms with Crippen molar-refractivity contribution in [2.75, 3.05) is 0 Å². The van der Waals surface area contributed by atoms with E-state index in [-0.39, 0.29) is 16.8 Å². The molecule has 29 heavy (non-hydrogen) atoms. The highest BCUT2D eigenvalue weighted by atomic mass is 17.1. The normalized spacial score (nSPS) is 12.2. The molecule has 0 radical (unpaired) electrons. The van der Waals surface area contributed by atoms with Crippen molar-refractivity contribution in [1.29, 1.82) is 0 Å². The Morgan fingerprint density at radius 3 is 2.55 bits per heavy atom. The SMILES string of the molecule is CC(C)(C)C(=O)c1c[nH]c2ncc(CC(C)(C)c3cccc(C(=O)OO)c3)nc12. The summed E-state index contributed by atoms with van der Waals surface area (Å²) in [5, 5.41) is 8.63. The van der Waals surface area contributed by atoms with Crippen LogP contribution in [-0.4, -0.2) is 32.0 Å². The minimum atomic E-state index is -0.804. The number of Topliss-reactive ketones (excluding diaryl/α,β-unsaturated/α-hetero) is 1. The van der Waals surface area contributed by atoms with Gasteiger partial charge in [0.1, 0.15) is 5.52 Å². The first-order valence-electron chi connectivity index (χ1n) is 9.37. The van der Waals surface area contributed by atoms with Crippen LogP contribution >= 0.6 is 0 Å². The predicted octanol–water partition coefficient (Wildman–Crippen LogP) is 4.34. The fourth-order valence-electron chi connectivity index (χ4n) is 3.26. The van der Waals surface area contributed by atoms with Gasteiger partial charge in [0, 0.05) is 18.0 Å². The van der Waals surface area contributed by atoms with Gasteiger partial charge in [-0.2, -0.15) is 5.26 Å². The van der Waals surface area contributed by atoms with Crippen molar-refractivity contribution in [2.45, 2.75) is 46.5 Å². The van der Waals surface area contributed by atoms with Crippen LogP contribution in [0.25, 0.3) is 11.2 Å². The van der Waals surface area contributed by atoms with E-state index in [2.05, 4.69) is 14.9 Å². The Kier molecular flexibility index (Phi) is 5.28. The molecule has 0 saturated heterocycles. The molecule has 7 nitrogen and oxygen atoms in total. The zero-order valence-corrected chi connectivity index (χ0v) is 17.2. The van der Waals surface area contributed by atoms with Crippen LogP contribution in [0.15, 0.2) is 36.7 Å². The molecule has 3 aromatic rings. The summed E-state index contributed by atoms with van der Waals surface area (Å²) >= 11 is 0. The number of aromatic nitrogens is 3. The number of hydrogen-bond acceptors (Lipinski definition) is 6. The molecule has 0 aliphatic heterocycles. The summed E-state index contributed by atoms with van der Waals surface area (Å²) in [4.78, 5) is 40.3. The number of H-pyrrole nitrogens is 1. The molecule has 0 fully saturated rings. The smallest absolute Gasteiger partial charge is 0.344 e. The van der Waals surface area contributed by atoms with Gasteiger partial charge in [0.15, 0.2) is 11.4 Å². The van der Waals surface area contributed by atoms with E-state index in [1.807, 2.05) is 40.7 Å². The molecule has 0 aliphatic carbocycles. The predicted molar refractivity (Wildman–Crippen MR) is 109 cm³/mol. The third kappa shape index (κ3) is 4.19. The second kappa shape index (κ2) is 7.40. The minimum absolute atomic E-state index is 0.00433. The Balaban J connectivity index is 1.95. The molecule has 0 spiro atoms. The highest BCUT2D eigenvalue weighted by molar-refractivity contribution is 6.08. The monoisotopic (exact) mass is 395 g/mol. The van der Waals surface area contributed by atoms with Crippen LogP contribution in [0.1, 0.15) is 66.6 Å². The summed E-state index contributed by atoms with van der Waals surface area (Å²) in [5.74, 6) is -0.800. The first kappa shape index (κ1) is 20.7. The van der Waals surface area contributed by atoms with Crippen LogP contribution < -0.4 is 0 Å². The summed E-state index contributed by atoms with van der Waals surface area (Å²) in [6.45, 7) is 9.68. The highest BCUT2D eigenvalue weighted by Crippen LogP contribution is 2.29. The lowest BCUT2D eigenvalue weighted by Gasteiger charge is -2.25. The Hall–Kier alpha value is -3.06. The molecule has 0 saturated carbocycles. The first-order chi connectivity index (χ1) is 13.5. The number of carbonyl (C=O) groups is 2. The molecule has 0 unspecified atom stereocenters. The van der Waals surface area contributed by atoms with Crippen LogP contribution in [-0.2, 0) is 16.7 Å². The lowest BCUT2D eigenvalue weighted by molar-refractivity contribution is -0.182. The standard InChI is InChI=1S/C22H25N3O4/c1-21(2,3)18(26)16-12-24-19-17(16)25-15(11-23-19)10-22(4,5)14-8-6-7-13(9-14)20(27)29-28/h6-9,11-12,28H,10H2,1-5H3,(H,23,24). The lowest BCUT2D eigenvalue weighted by Crippen LogP contribution is -2.22. The van der Waals surface area contributed by atoms with E-state index in [0.29, 0.717) is 23.1 Å². The van der Waals surface area contributed by atoms with Crippen molar-refractivity contribution in [2.24, 2.45) is 5.41 Å². The Labute approximate surface area is 169 Å². The van der Waals surface area contributed by atoms with Crippen LogP contribution in [0, 0.1) is 5.41 Å². The minimum Gasteiger partial charge on any atom is -0.344 e. The van der Waals surface area contributed by atoms with E-state index in [1.54, 1.807) is 30.6 Å². The van der Waals surface area contributed by atoms with Gasteiger partial charge in [0.2, 0.25) is 0 Å². The molecule has 2 heterocycles. The highest BCUT2D eigenvalue weighted by Gasteiger charge is 2.28. The van der Waals surface area contributed by atoms with E-state index >= 15 is 0 Å². The van der Waals surface area contributed by atoms with Crippen molar-refractivity contribution in [3.05, 3.63) is 59.0 Å². The Morgan fingerprint density at radius 1 is 1.17 bits per heavy atom. The average Bonchev–Trinajstić information content (AvgIpc) is 3.08. The molecule has 0 atom stereocenters. The molecule has 2 N–H and O–H groups in total. The largest absolute Gasteiger partial charge is 0.372 e. The summed E-state index contributed by atoms with van der Waals surface area (Å²) in [6, 6.07) is 6.92. The zero-order valence-electron chi connectivity index (χ0n) is 17.2. The number of rotatable bonds is 5.